The van der Waals surface area contributed by atoms with Crippen molar-refractivity contribution in [2.75, 3.05) is 6.54 Å². The van der Waals surface area contributed by atoms with Crippen LogP contribution >= 0.6 is 0 Å². The van der Waals surface area contributed by atoms with E-state index in [9.17, 15) is 4.79 Å². The first-order valence-electron chi connectivity index (χ1n) is 9.97. The van der Waals surface area contributed by atoms with Crippen LogP contribution in [-0.4, -0.2) is 37.6 Å². The number of carbonyl (C=O) groups excluding carboxylic acids is 1. The number of hydrogen-bond acceptors (Lipinski definition) is 4. The molecule has 0 aliphatic rings. The van der Waals surface area contributed by atoms with Crippen LogP contribution in [-0.2, 0) is 24.3 Å². The molecule has 0 unspecified atom stereocenters. The van der Waals surface area contributed by atoms with Crippen molar-refractivity contribution in [2.24, 2.45) is 0 Å². The van der Waals surface area contributed by atoms with Gasteiger partial charge < -0.3 is 4.90 Å². The maximum absolute atomic E-state index is 13.1. The third-order valence-corrected chi connectivity index (χ3v) is 4.84. The molecule has 4 aromatic rings. The smallest absolute Gasteiger partial charge is 0.246 e. The molecule has 0 radical (unpaired) electrons. The number of benzene rings is 3. The number of nitrogens with zero attached hydrogens (tertiary/aromatic N) is 5. The maximum atomic E-state index is 13.1. The maximum Gasteiger partial charge on any atom is 0.246 e. The molecule has 4 rings (SSSR count). The molecule has 0 bridgehead atoms. The first kappa shape index (κ1) is 19.5. The van der Waals surface area contributed by atoms with Crippen LogP contribution in [0.15, 0.2) is 91.0 Å². The van der Waals surface area contributed by atoms with Crippen molar-refractivity contribution in [3.05, 3.63) is 102 Å². The second-order valence-electron chi connectivity index (χ2n) is 7.05. The Morgan fingerprint density at radius 2 is 1.40 bits per heavy atom. The van der Waals surface area contributed by atoms with Crippen LogP contribution < -0.4 is 0 Å². The third-order valence-electron chi connectivity index (χ3n) is 4.84. The Balaban J connectivity index is 1.46. The Hall–Kier alpha value is -3.80. The van der Waals surface area contributed by atoms with Crippen LogP contribution in [0.5, 0.6) is 0 Å². The Morgan fingerprint density at radius 3 is 2.07 bits per heavy atom. The highest BCUT2D eigenvalue weighted by Crippen LogP contribution is 2.12. The molecule has 0 saturated carbocycles. The van der Waals surface area contributed by atoms with E-state index in [1.807, 2.05) is 83.8 Å². The van der Waals surface area contributed by atoms with Gasteiger partial charge in [0.05, 0.1) is 0 Å². The Labute approximate surface area is 175 Å². The van der Waals surface area contributed by atoms with Crippen LogP contribution in [0.4, 0.5) is 0 Å². The van der Waals surface area contributed by atoms with Crippen molar-refractivity contribution in [3.8, 4) is 11.4 Å². The SMILES string of the molecule is O=C(Cn1nnc(-c2ccccc2)n1)N(CCc1ccccc1)Cc1ccccc1. The molecule has 0 saturated heterocycles. The van der Waals surface area contributed by atoms with Gasteiger partial charge in [0.15, 0.2) is 0 Å². The van der Waals surface area contributed by atoms with Crippen LogP contribution in [0, 0.1) is 0 Å². The largest absolute Gasteiger partial charge is 0.336 e. The van der Waals surface area contributed by atoms with E-state index < -0.39 is 0 Å². The molecule has 1 amide bonds. The van der Waals surface area contributed by atoms with E-state index >= 15 is 0 Å². The fourth-order valence-electron chi connectivity index (χ4n) is 3.24. The summed E-state index contributed by atoms with van der Waals surface area (Å²) in [6.45, 7) is 1.23. The van der Waals surface area contributed by atoms with Crippen LogP contribution in [0.1, 0.15) is 11.1 Å². The number of amides is 1. The van der Waals surface area contributed by atoms with Gasteiger partial charge in [0.1, 0.15) is 6.54 Å². The van der Waals surface area contributed by atoms with Gasteiger partial charge >= 0.3 is 0 Å². The zero-order chi connectivity index (χ0) is 20.6. The topological polar surface area (TPSA) is 63.9 Å². The molecule has 0 spiro atoms. The number of rotatable bonds is 8. The zero-order valence-corrected chi connectivity index (χ0v) is 16.6. The van der Waals surface area contributed by atoms with Gasteiger partial charge in [0, 0.05) is 18.7 Å². The molecular formula is C24H23N5O. The van der Waals surface area contributed by atoms with Gasteiger partial charge in [-0.25, -0.2) is 0 Å². The second kappa shape index (κ2) is 9.60. The average Bonchev–Trinajstić information content (AvgIpc) is 3.27. The minimum Gasteiger partial charge on any atom is -0.336 e. The number of hydrogen-bond donors (Lipinski definition) is 0. The van der Waals surface area contributed by atoms with Crippen molar-refractivity contribution in [1.29, 1.82) is 0 Å². The molecule has 1 aromatic heterocycles. The summed E-state index contributed by atoms with van der Waals surface area (Å²) in [5, 5.41) is 12.5. The Bertz CT molecular complexity index is 1060. The molecule has 0 aliphatic heterocycles. The highest BCUT2D eigenvalue weighted by Gasteiger charge is 2.17. The molecule has 150 valence electrons. The Kier molecular flexibility index (Phi) is 6.25. The Morgan fingerprint density at radius 1 is 0.800 bits per heavy atom. The van der Waals surface area contributed by atoms with E-state index in [-0.39, 0.29) is 12.5 Å². The molecule has 0 aliphatic carbocycles. The van der Waals surface area contributed by atoms with E-state index in [2.05, 4.69) is 27.5 Å². The lowest BCUT2D eigenvalue weighted by Gasteiger charge is -2.22. The van der Waals surface area contributed by atoms with E-state index in [1.165, 1.54) is 10.4 Å². The van der Waals surface area contributed by atoms with Gasteiger partial charge in [-0.15, -0.1) is 10.2 Å². The lowest BCUT2D eigenvalue weighted by Crippen LogP contribution is -2.35. The predicted molar refractivity (Wildman–Crippen MR) is 115 cm³/mol. The van der Waals surface area contributed by atoms with Gasteiger partial charge in [-0.05, 0) is 22.8 Å². The minimum atomic E-state index is -0.0354. The predicted octanol–water partition coefficient (Wildman–Crippen LogP) is 3.61. The number of tetrazole rings is 1. The first-order chi connectivity index (χ1) is 14.8. The lowest BCUT2D eigenvalue weighted by molar-refractivity contribution is -0.132. The summed E-state index contributed by atoms with van der Waals surface area (Å²) >= 11 is 0. The molecule has 6 nitrogen and oxygen atoms in total. The normalized spacial score (nSPS) is 10.7. The molecule has 0 N–H and O–H groups in total. The summed E-state index contributed by atoms with van der Waals surface area (Å²) in [6, 6.07) is 29.8. The van der Waals surface area contributed by atoms with Gasteiger partial charge in [0.25, 0.3) is 0 Å². The second-order valence-corrected chi connectivity index (χ2v) is 7.05. The fourth-order valence-corrected chi connectivity index (χ4v) is 3.24. The summed E-state index contributed by atoms with van der Waals surface area (Å²) in [4.78, 5) is 16.3. The van der Waals surface area contributed by atoms with Crippen LogP contribution in [0.3, 0.4) is 0 Å². The highest BCUT2D eigenvalue weighted by atomic mass is 16.2. The van der Waals surface area contributed by atoms with Crippen molar-refractivity contribution in [2.45, 2.75) is 19.5 Å². The van der Waals surface area contributed by atoms with Crippen molar-refractivity contribution >= 4 is 5.91 Å². The quantitative estimate of drug-likeness (QED) is 0.456. The standard InChI is InChI=1S/C24H23N5O/c30-23(19-29-26-24(25-27-29)22-14-8-3-9-15-22)28(18-21-12-6-2-7-13-21)17-16-20-10-4-1-5-11-20/h1-15H,16-19H2. The van der Waals surface area contributed by atoms with Gasteiger partial charge in [-0.2, -0.15) is 4.80 Å². The zero-order valence-electron chi connectivity index (χ0n) is 16.6. The van der Waals surface area contributed by atoms with Gasteiger partial charge in [-0.1, -0.05) is 91.0 Å². The lowest BCUT2D eigenvalue weighted by atomic mass is 10.1. The number of aromatic nitrogens is 4. The van der Waals surface area contributed by atoms with Crippen LogP contribution in [0.25, 0.3) is 11.4 Å². The molecule has 0 fully saturated rings. The average molecular weight is 397 g/mol. The summed E-state index contributed by atoms with van der Waals surface area (Å²) < 4.78 is 0. The van der Waals surface area contributed by atoms with Gasteiger partial charge in [0.2, 0.25) is 11.7 Å². The van der Waals surface area contributed by atoms with E-state index in [1.54, 1.807) is 0 Å². The van der Waals surface area contributed by atoms with Crippen molar-refractivity contribution < 1.29 is 4.79 Å². The van der Waals surface area contributed by atoms with Gasteiger partial charge in [-0.3, -0.25) is 4.79 Å². The monoisotopic (exact) mass is 397 g/mol. The first-order valence-corrected chi connectivity index (χ1v) is 9.97. The highest BCUT2D eigenvalue weighted by molar-refractivity contribution is 5.75. The van der Waals surface area contributed by atoms with Crippen LogP contribution in [0.2, 0.25) is 0 Å². The van der Waals surface area contributed by atoms with Crippen molar-refractivity contribution in [1.82, 2.24) is 25.1 Å². The third kappa shape index (κ3) is 5.17. The molecule has 3 aromatic carbocycles. The summed E-state index contributed by atoms with van der Waals surface area (Å²) in [5.41, 5.74) is 3.17. The van der Waals surface area contributed by atoms with E-state index in [0.717, 1.165) is 17.5 Å². The molecule has 30 heavy (non-hydrogen) atoms. The molecule has 6 heteroatoms. The molecule has 1 heterocycles. The minimum absolute atomic E-state index is 0.0354. The number of carbonyl (C=O) groups is 1. The van der Waals surface area contributed by atoms with Crippen molar-refractivity contribution in [3.63, 3.8) is 0 Å². The summed E-state index contributed by atoms with van der Waals surface area (Å²) in [6.07, 6.45) is 0.791. The summed E-state index contributed by atoms with van der Waals surface area (Å²) in [7, 11) is 0. The summed E-state index contributed by atoms with van der Waals surface area (Å²) in [5.74, 6) is 0.481. The fraction of sp³-hybridized carbons (Fsp3) is 0.167. The van der Waals surface area contributed by atoms with E-state index in [0.29, 0.717) is 18.9 Å². The molecule has 0 atom stereocenters. The van der Waals surface area contributed by atoms with E-state index in [4.69, 9.17) is 0 Å². The molecular weight excluding hydrogens is 374 g/mol.